The summed E-state index contributed by atoms with van der Waals surface area (Å²) >= 11 is 1.44. The number of aliphatic hydroxyl groups is 1. The molecule has 2 rings (SSSR count). The normalized spacial score (nSPS) is 11.8. The molecule has 1 amide bonds. The maximum atomic E-state index is 11.9. The molecule has 4 nitrogen and oxygen atoms in total. The van der Waals surface area contributed by atoms with Gasteiger partial charge < -0.3 is 10.4 Å². The molecule has 0 unspecified atom stereocenters. The SMILES string of the molecule is O=C(CSc1ccncc1)N[C@H](CO)c1ccccc1. The van der Waals surface area contributed by atoms with E-state index < -0.39 is 0 Å². The maximum absolute atomic E-state index is 11.9. The van der Waals surface area contributed by atoms with Gasteiger partial charge in [0.1, 0.15) is 0 Å². The highest BCUT2D eigenvalue weighted by Gasteiger charge is 2.13. The third-order valence-corrected chi connectivity index (χ3v) is 3.75. The smallest absolute Gasteiger partial charge is 0.230 e. The van der Waals surface area contributed by atoms with E-state index in [0.29, 0.717) is 5.75 Å². The summed E-state index contributed by atoms with van der Waals surface area (Å²) in [7, 11) is 0. The molecule has 0 saturated carbocycles. The minimum absolute atomic E-state index is 0.102. The highest BCUT2D eigenvalue weighted by molar-refractivity contribution is 8.00. The molecule has 0 radical (unpaired) electrons. The van der Waals surface area contributed by atoms with Crippen LogP contribution in [0.25, 0.3) is 0 Å². The van der Waals surface area contributed by atoms with Gasteiger partial charge in [0.05, 0.1) is 18.4 Å². The fraction of sp³-hybridized carbons (Fsp3) is 0.200. The largest absolute Gasteiger partial charge is 0.394 e. The summed E-state index contributed by atoms with van der Waals surface area (Å²) in [6.07, 6.45) is 3.39. The molecule has 0 spiro atoms. The highest BCUT2D eigenvalue weighted by Crippen LogP contribution is 2.17. The van der Waals surface area contributed by atoms with E-state index in [4.69, 9.17) is 0 Å². The molecule has 1 atom stereocenters. The van der Waals surface area contributed by atoms with E-state index in [9.17, 15) is 9.90 Å². The summed E-state index contributed by atoms with van der Waals surface area (Å²) in [5.74, 6) is 0.211. The van der Waals surface area contributed by atoms with E-state index in [-0.39, 0.29) is 18.6 Å². The molecule has 1 aromatic carbocycles. The number of carbonyl (C=O) groups is 1. The Morgan fingerprint density at radius 2 is 1.90 bits per heavy atom. The molecule has 2 aromatic rings. The molecular weight excluding hydrogens is 272 g/mol. The number of aromatic nitrogens is 1. The first kappa shape index (κ1) is 14.6. The lowest BCUT2D eigenvalue weighted by atomic mass is 10.1. The summed E-state index contributed by atoms with van der Waals surface area (Å²) in [6, 6.07) is 12.8. The first-order valence-electron chi connectivity index (χ1n) is 6.27. The van der Waals surface area contributed by atoms with Gasteiger partial charge in [0, 0.05) is 17.3 Å². The lowest BCUT2D eigenvalue weighted by Crippen LogP contribution is -2.32. The molecule has 0 saturated heterocycles. The minimum Gasteiger partial charge on any atom is -0.394 e. The van der Waals surface area contributed by atoms with Crippen molar-refractivity contribution in [3.63, 3.8) is 0 Å². The average Bonchev–Trinajstić information content (AvgIpc) is 2.52. The number of nitrogens with zero attached hydrogens (tertiary/aromatic N) is 1. The molecule has 1 heterocycles. The molecule has 0 aliphatic carbocycles. The Bertz CT molecular complexity index is 534. The third kappa shape index (κ3) is 4.36. The average molecular weight is 288 g/mol. The van der Waals surface area contributed by atoms with E-state index in [1.807, 2.05) is 42.5 Å². The van der Waals surface area contributed by atoms with Crippen LogP contribution in [-0.4, -0.2) is 28.4 Å². The van der Waals surface area contributed by atoms with Crippen molar-refractivity contribution in [1.29, 1.82) is 0 Å². The summed E-state index contributed by atoms with van der Waals surface area (Å²) < 4.78 is 0. The topological polar surface area (TPSA) is 62.2 Å². The number of hydrogen-bond donors (Lipinski definition) is 2. The van der Waals surface area contributed by atoms with Crippen LogP contribution in [0.5, 0.6) is 0 Å². The van der Waals surface area contributed by atoms with E-state index >= 15 is 0 Å². The second kappa shape index (κ2) is 7.67. The molecule has 0 aliphatic heterocycles. The van der Waals surface area contributed by atoms with Crippen molar-refractivity contribution in [2.24, 2.45) is 0 Å². The predicted molar refractivity (Wildman–Crippen MR) is 79.4 cm³/mol. The number of benzene rings is 1. The Kier molecular flexibility index (Phi) is 5.58. The van der Waals surface area contributed by atoms with Crippen LogP contribution in [-0.2, 0) is 4.79 Å². The van der Waals surface area contributed by atoms with Gasteiger partial charge >= 0.3 is 0 Å². The molecule has 104 valence electrons. The maximum Gasteiger partial charge on any atom is 0.230 e. The number of rotatable bonds is 6. The minimum atomic E-state index is -0.359. The molecule has 20 heavy (non-hydrogen) atoms. The van der Waals surface area contributed by atoms with Gasteiger partial charge in [-0.1, -0.05) is 30.3 Å². The van der Waals surface area contributed by atoms with Gasteiger partial charge in [-0.3, -0.25) is 9.78 Å². The van der Waals surface area contributed by atoms with Crippen molar-refractivity contribution in [3.8, 4) is 0 Å². The van der Waals surface area contributed by atoms with Crippen molar-refractivity contribution in [1.82, 2.24) is 10.3 Å². The molecule has 2 N–H and O–H groups in total. The molecular formula is C15H16N2O2S. The van der Waals surface area contributed by atoms with Gasteiger partial charge in [-0.05, 0) is 17.7 Å². The van der Waals surface area contributed by atoms with Crippen molar-refractivity contribution in [2.75, 3.05) is 12.4 Å². The summed E-state index contributed by atoms with van der Waals surface area (Å²) in [5.41, 5.74) is 0.900. The molecule has 1 aromatic heterocycles. The Hall–Kier alpha value is -1.85. The number of hydrogen-bond acceptors (Lipinski definition) is 4. The quantitative estimate of drug-likeness (QED) is 0.798. The number of aliphatic hydroxyl groups excluding tert-OH is 1. The highest BCUT2D eigenvalue weighted by atomic mass is 32.2. The molecule has 0 aliphatic rings. The van der Waals surface area contributed by atoms with Gasteiger partial charge in [-0.2, -0.15) is 0 Å². The first-order valence-corrected chi connectivity index (χ1v) is 7.26. The molecule has 0 fully saturated rings. The second-order valence-corrected chi connectivity index (χ2v) is 5.23. The number of carbonyl (C=O) groups excluding carboxylic acids is 1. The zero-order valence-electron chi connectivity index (χ0n) is 10.9. The van der Waals surface area contributed by atoms with Gasteiger partial charge in [-0.25, -0.2) is 0 Å². The zero-order chi connectivity index (χ0) is 14.2. The number of pyridine rings is 1. The lowest BCUT2D eigenvalue weighted by Gasteiger charge is -2.16. The Morgan fingerprint density at radius 3 is 2.55 bits per heavy atom. The van der Waals surface area contributed by atoms with Crippen LogP contribution in [0.3, 0.4) is 0 Å². The van der Waals surface area contributed by atoms with E-state index in [2.05, 4.69) is 10.3 Å². The Labute approximate surface area is 122 Å². The van der Waals surface area contributed by atoms with E-state index in [1.54, 1.807) is 12.4 Å². The van der Waals surface area contributed by atoms with Gasteiger partial charge in [-0.15, -0.1) is 11.8 Å². The third-order valence-electron chi connectivity index (χ3n) is 2.74. The second-order valence-electron chi connectivity index (χ2n) is 4.18. The van der Waals surface area contributed by atoms with Crippen LogP contribution in [0, 0.1) is 0 Å². The fourth-order valence-corrected chi connectivity index (χ4v) is 2.43. The predicted octanol–water partition coefficient (Wildman–Crippen LogP) is 2.02. The van der Waals surface area contributed by atoms with Crippen LogP contribution in [0.4, 0.5) is 0 Å². The summed E-state index contributed by atoms with van der Waals surface area (Å²) in [5, 5.41) is 12.2. The molecule has 5 heteroatoms. The van der Waals surface area contributed by atoms with Crippen LogP contribution in [0.15, 0.2) is 59.8 Å². The molecule has 0 bridgehead atoms. The van der Waals surface area contributed by atoms with Crippen molar-refractivity contribution < 1.29 is 9.90 Å². The van der Waals surface area contributed by atoms with E-state index in [0.717, 1.165) is 10.5 Å². The van der Waals surface area contributed by atoms with E-state index in [1.165, 1.54) is 11.8 Å². The number of thioether (sulfide) groups is 1. The van der Waals surface area contributed by atoms with Gasteiger partial charge in [0.25, 0.3) is 0 Å². The standard InChI is InChI=1S/C15H16N2O2S/c18-10-14(12-4-2-1-3-5-12)17-15(19)11-20-13-6-8-16-9-7-13/h1-9,14,18H,10-11H2,(H,17,19)/t14-/m1/s1. The monoisotopic (exact) mass is 288 g/mol. The van der Waals surface area contributed by atoms with Crippen molar-refractivity contribution in [2.45, 2.75) is 10.9 Å². The van der Waals surface area contributed by atoms with Crippen LogP contribution in [0.2, 0.25) is 0 Å². The summed E-state index contributed by atoms with van der Waals surface area (Å²) in [4.78, 5) is 16.8. The first-order chi connectivity index (χ1) is 9.79. The van der Waals surface area contributed by atoms with Crippen LogP contribution >= 0.6 is 11.8 Å². The zero-order valence-corrected chi connectivity index (χ0v) is 11.7. The van der Waals surface area contributed by atoms with Gasteiger partial charge in [0.2, 0.25) is 5.91 Å². The van der Waals surface area contributed by atoms with Gasteiger partial charge in [0.15, 0.2) is 0 Å². The van der Waals surface area contributed by atoms with Crippen LogP contribution in [0.1, 0.15) is 11.6 Å². The Balaban J connectivity index is 1.87. The fourth-order valence-electron chi connectivity index (χ4n) is 1.74. The number of nitrogens with one attached hydrogen (secondary N) is 1. The van der Waals surface area contributed by atoms with Crippen LogP contribution < -0.4 is 5.32 Å². The lowest BCUT2D eigenvalue weighted by molar-refractivity contribution is -0.119. The summed E-state index contributed by atoms with van der Waals surface area (Å²) in [6.45, 7) is -0.115. The van der Waals surface area contributed by atoms with Crippen molar-refractivity contribution in [3.05, 3.63) is 60.4 Å². The van der Waals surface area contributed by atoms with Crippen molar-refractivity contribution >= 4 is 17.7 Å². The Morgan fingerprint density at radius 1 is 1.20 bits per heavy atom. The number of amides is 1.